The molecule has 1 aromatic heterocycles. The second-order valence-electron chi connectivity index (χ2n) is 6.43. The van der Waals surface area contributed by atoms with E-state index in [9.17, 15) is 0 Å². The third kappa shape index (κ3) is 2.90. The predicted octanol–water partition coefficient (Wildman–Crippen LogP) is 4.93. The van der Waals surface area contributed by atoms with Gasteiger partial charge >= 0.3 is 166 Å². The van der Waals surface area contributed by atoms with Crippen molar-refractivity contribution in [2.24, 2.45) is 0 Å². The maximum atomic E-state index is 8.03. The number of hydrogen-bond donors (Lipinski definition) is 0. The zero-order valence-corrected chi connectivity index (χ0v) is 17.7. The molecule has 0 aliphatic heterocycles. The SMILES string of the molecule is ClP(Cc1ccc[se]1)(c1ccccc1)(c1ccccc1)c1ccccc1. The van der Waals surface area contributed by atoms with Gasteiger partial charge in [0.2, 0.25) is 0 Å². The Balaban J connectivity index is 2.10. The molecule has 0 spiro atoms. The van der Waals surface area contributed by atoms with Gasteiger partial charge in [0.05, 0.1) is 0 Å². The Labute approximate surface area is 165 Å². The first kappa shape index (κ1) is 17.8. The van der Waals surface area contributed by atoms with Crippen LogP contribution in [-0.2, 0) is 6.16 Å². The van der Waals surface area contributed by atoms with Crippen molar-refractivity contribution < 1.29 is 0 Å². The van der Waals surface area contributed by atoms with Crippen LogP contribution in [0, 0.1) is 0 Å². The van der Waals surface area contributed by atoms with E-state index in [-0.39, 0.29) is 0 Å². The van der Waals surface area contributed by atoms with Gasteiger partial charge in [-0.15, -0.1) is 0 Å². The first-order valence-electron chi connectivity index (χ1n) is 8.64. The summed E-state index contributed by atoms with van der Waals surface area (Å²) in [4.78, 5) is 2.28. The summed E-state index contributed by atoms with van der Waals surface area (Å²) in [6, 6.07) is 36.5. The van der Waals surface area contributed by atoms with Gasteiger partial charge in [0, 0.05) is 0 Å². The quantitative estimate of drug-likeness (QED) is 0.304. The van der Waals surface area contributed by atoms with Gasteiger partial charge < -0.3 is 0 Å². The van der Waals surface area contributed by atoms with Gasteiger partial charge in [-0.1, -0.05) is 0 Å². The average Bonchev–Trinajstić information content (AvgIpc) is 3.23. The summed E-state index contributed by atoms with van der Waals surface area (Å²) in [6.45, 7) is 0. The van der Waals surface area contributed by atoms with Gasteiger partial charge in [0.15, 0.2) is 0 Å². The van der Waals surface area contributed by atoms with Crippen molar-refractivity contribution in [1.82, 2.24) is 0 Å². The van der Waals surface area contributed by atoms with Crippen LogP contribution in [0.5, 0.6) is 0 Å². The van der Waals surface area contributed by atoms with E-state index in [4.69, 9.17) is 11.2 Å². The van der Waals surface area contributed by atoms with Crippen molar-refractivity contribution in [2.45, 2.75) is 6.16 Å². The minimum atomic E-state index is -3.12. The maximum absolute atomic E-state index is 8.03. The zero-order valence-electron chi connectivity index (χ0n) is 14.3. The second kappa shape index (κ2) is 7.18. The first-order valence-corrected chi connectivity index (χ1v) is 13.8. The third-order valence-electron chi connectivity index (χ3n) is 4.92. The molecule has 3 heteroatoms. The number of rotatable bonds is 5. The molecule has 0 saturated heterocycles. The predicted molar refractivity (Wildman–Crippen MR) is 118 cm³/mol. The Hall–Kier alpha value is -1.62. The molecule has 0 aliphatic carbocycles. The fraction of sp³-hybridized carbons (Fsp3) is 0.0435. The molecule has 0 nitrogen and oxygen atoms in total. The van der Waals surface area contributed by atoms with E-state index in [1.807, 2.05) is 0 Å². The fourth-order valence-electron chi connectivity index (χ4n) is 3.63. The van der Waals surface area contributed by atoms with Gasteiger partial charge in [-0.3, -0.25) is 0 Å². The van der Waals surface area contributed by atoms with Gasteiger partial charge in [-0.2, -0.15) is 0 Å². The van der Waals surface area contributed by atoms with Crippen LogP contribution in [0.3, 0.4) is 0 Å². The molecule has 0 N–H and O–H groups in total. The average molecular weight is 442 g/mol. The van der Waals surface area contributed by atoms with E-state index in [1.165, 1.54) is 20.4 Å². The van der Waals surface area contributed by atoms with Crippen molar-refractivity contribution in [3.05, 3.63) is 113 Å². The van der Waals surface area contributed by atoms with Crippen LogP contribution in [-0.4, -0.2) is 14.5 Å². The molecule has 3 aromatic carbocycles. The Morgan fingerprint density at radius 3 is 1.35 bits per heavy atom. The molecule has 0 amide bonds. The Morgan fingerprint density at radius 2 is 1.00 bits per heavy atom. The van der Waals surface area contributed by atoms with Gasteiger partial charge in [0.1, 0.15) is 0 Å². The van der Waals surface area contributed by atoms with Crippen LogP contribution < -0.4 is 15.9 Å². The molecule has 1 heterocycles. The Morgan fingerprint density at radius 1 is 0.577 bits per heavy atom. The summed E-state index contributed by atoms with van der Waals surface area (Å²) in [5.41, 5.74) is 0. The van der Waals surface area contributed by atoms with Crippen molar-refractivity contribution in [1.29, 1.82) is 0 Å². The summed E-state index contributed by atoms with van der Waals surface area (Å²) in [5, 5.41) is 3.71. The topological polar surface area (TPSA) is 0 Å². The van der Waals surface area contributed by atoms with Crippen LogP contribution in [0.4, 0.5) is 0 Å². The molecule has 0 atom stereocenters. The number of benzene rings is 3. The summed E-state index contributed by atoms with van der Waals surface area (Å²) < 4.78 is 1.46. The molecule has 0 unspecified atom stereocenters. The van der Waals surface area contributed by atoms with Gasteiger partial charge in [0.25, 0.3) is 0 Å². The minimum absolute atomic E-state index is 0.385. The Bertz CT molecular complexity index is 867. The van der Waals surface area contributed by atoms with E-state index >= 15 is 0 Å². The summed E-state index contributed by atoms with van der Waals surface area (Å²) in [7, 11) is 0. The van der Waals surface area contributed by atoms with Crippen molar-refractivity contribution in [2.75, 3.05) is 0 Å². The zero-order chi connectivity index (χ0) is 17.9. The fourth-order valence-corrected chi connectivity index (χ4v) is 13.2. The molecule has 0 radical (unpaired) electrons. The van der Waals surface area contributed by atoms with E-state index < -0.39 is 5.96 Å². The number of halogens is 1. The normalized spacial score (nSPS) is 13.0. The molecule has 0 saturated carbocycles. The van der Waals surface area contributed by atoms with Crippen LogP contribution in [0.2, 0.25) is 0 Å². The molecule has 4 rings (SSSR count). The molecule has 4 aromatic rings. The molecular weight excluding hydrogens is 422 g/mol. The van der Waals surface area contributed by atoms with E-state index in [0.717, 1.165) is 6.16 Å². The molecular formula is C23H20ClPSe. The van der Waals surface area contributed by atoms with Crippen LogP contribution in [0.15, 0.2) is 108 Å². The molecule has 26 heavy (non-hydrogen) atoms. The summed E-state index contributed by atoms with van der Waals surface area (Å²) in [5.74, 6) is -3.12. The molecule has 0 aliphatic rings. The Kier molecular flexibility index (Phi) is 4.91. The van der Waals surface area contributed by atoms with Crippen LogP contribution in [0.25, 0.3) is 0 Å². The van der Waals surface area contributed by atoms with Crippen LogP contribution in [0.1, 0.15) is 4.44 Å². The molecule has 130 valence electrons. The third-order valence-corrected chi connectivity index (χ3v) is 14.4. The van der Waals surface area contributed by atoms with E-state index in [1.54, 1.807) is 0 Å². The summed E-state index contributed by atoms with van der Waals surface area (Å²) in [6.07, 6.45) is 0.887. The van der Waals surface area contributed by atoms with Crippen LogP contribution >= 0.6 is 17.2 Å². The van der Waals surface area contributed by atoms with Crippen molar-refractivity contribution >= 4 is 47.6 Å². The number of hydrogen-bond acceptors (Lipinski definition) is 0. The van der Waals surface area contributed by atoms with Gasteiger partial charge in [-0.25, -0.2) is 0 Å². The van der Waals surface area contributed by atoms with E-state index in [2.05, 4.69) is 108 Å². The standard InChI is InChI=1S/C23H20ClPSe/c24-25(19-23-17-10-18-26-23,20-11-4-1-5-12-20,21-13-6-2-7-14-21)22-15-8-3-9-16-22/h1-18H,19H2. The van der Waals surface area contributed by atoms with Crippen molar-refractivity contribution in [3.63, 3.8) is 0 Å². The monoisotopic (exact) mass is 442 g/mol. The van der Waals surface area contributed by atoms with Gasteiger partial charge in [-0.05, 0) is 0 Å². The molecule has 0 fully saturated rings. The molecule has 0 bridgehead atoms. The van der Waals surface area contributed by atoms with E-state index in [0.29, 0.717) is 14.5 Å². The summed E-state index contributed by atoms with van der Waals surface area (Å²) >= 11 is 8.41. The second-order valence-corrected chi connectivity index (χ2v) is 15.1. The first-order chi connectivity index (χ1) is 12.7. The van der Waals surface area contributed by atoms with Crippen molar-refractivity contribution in [3.8, 4) is 0 Å².